The second-order valence-electron chi connectivity index (χ2n) is 8.67. The first kappa shape index (κ1) is 25.8. The van der Waals surface area contributed by atoms with Gasteiger partial charge in [-0.05, 0) is 53.1 Å². The molecule has 0 aliphatic heterocycles. The van der Waals surface area contributed by atoms with Crippen molar-refractivity contribution in [3.05, 3.63) is 120 Å². The summed E-state index contributed by atoms with van der Waals surface area (Å²) >= 11 is 0. The second kappa shape index (κ2) is 13.1. The van der Waals surface area contributed by atoms with Crippen molar-refractivity contribution in [1.82, 2.24) is 9.88 Å². The van der Waals surface area contributed by atoms with Crippen LogP contribution in [-0.4, -0.2) is 36.6 Å². The van der Waals surface area contributed by atoms with Crippen LogP contribution in [0.5, 0.6) is 17.2 Å². The molecule has 0 bridgehead atoms. The minimum Gasteiger partial charge on any atom is -0.497 e. The molecule has 0 saturated carbocycles. The summed E-state index contributed by atoms with van der Waals surface area (Å²) in [6.45, 7) is 1.44. The van der Waals surface area contributed by atoms with Crippen LogP contribution in [0.3, 0.4) is 0 Å². The van der Waals surface area contributed by atoms with Gasteiger partial charge in [-0.25, -0.2) is 0 Å². The Kier molecular flexibility index (Phi) is 9.13. The highest BCUT2D eigenvalue weighted by Gasteiger charge is 2.17. The Bertz CT molecular complexity index is 1260. The van der Waals surface area contributed by atoms with Crippen LogP contribution in [0.25, 0.3) is 0 Å². The number of nitrogens with zero attached hydrogens (tertiary/aromatic N) is 2. The summed E-state index contributed by atoms with van der Waals surface area (Å²) in [6, 6.07) is 29.3. The predicted molar refractivity (Wildman–Crippen MR) is 144 cm³/mol. The number of pyridine rings is 1. The van der Waals surface area contributed by atoms with Crippen LogP contribution in [-0.2, 0) is 30.8 Å². The van der Waals surface area contributed by atoms with Gasteiger partial charge in [0.25, 0.3) is 0 Å². The lowest BCUT2D eigenvalue weighted by Crippen LogP contribution is -2.33. The van der Waals surface area contributed by atoms with Crippen LogP contribution < -0.4 is 14.2 Å². The number of benzene rings is 3. The van der Waals surface area contributed by atoms with E-state index < -0.39 is 0 Å². The van der Waals surface area contributed by atoms with E-state index in [1.54, 1.807) is 20.4 Å². The normalized spacial score (nSPS) is 10.5. The number of carbonyl (C=O) groups excluding carboxylic acids is 1. The number of hydrogen-bond acceptors (Lipinski definition) is 5. The van der Waals surface area contributed by atoms with Crippen molar-refractivity contribution in [2.75, 3.05) is 20.8 Å². The quantitative estimate of drug-likeness (QED) is 0.260. The number of carbonyl (C=O) groups is 1. The fourth-order valence-corrected chi connectivity index (χ4v) is 4.01. The average molecular weight is 497 g/mol. The summed E-state index contributed by atoms with van der Waals surface area (Å²) in [7, 11) is 3.26. The van der Waals surface area contributed by atoms with Crippen LogP contribution in [0.4, 0.5) is 0 Å². The third-order valence-corrected chi connectivity index (χ3v) is 6.07. The van der Waals surface area contributed by atoms with Crippen LogP contribution in [0.1, 0.15) is 22.4 Å². The molecule has 0 unspecified atom stereocenters. The van der Waals surface area contributed by atoms with Crippen LogP contribution in [0.2, 0.25) is 0 Å². The molecule has 0 saturated heterocycles. The van der Waals surface area contributed by atoms with Crippen molar-refractivity contribution in [3.8, 4) is 17.2 Å². The summed E-state index contributed by atoms with van der Waals surface area (Å²) in [4.78, 5) is 19.7. The first-order valence-corrected chi connectivity index (χ1v) is 12.3. The van der Waals surface area contributed by atoms with E-state index in [0.29, 0.717) is 44.0 Å². The summed E-state index contributed by atoms with van der Waals surface area (Å²) in [5.41, 5.74) is 3.93. The Balaban J connectivity index is 1.50. The number of amides is 1. The van der Waals surface area contributed by atoms with Crippen LogP contribution >= 0.6 is 0 Å². The van der Waals surface area contributed by atoms with E-state index in [1.165, 1.54) is 0 Å². The molecule has 0 spiro atoms. The van der Waals surface area contributed by atoms with Gasteiger partial charge in [0.05, 0.1) is 20.6 Å². The van der Waals surface area contributed by atoms with E-state index in [9.17, 15) is 4.79 Å². The van der Waals surface area contributed by atoms with Gasteiger partial charge in [0.2, 0.25) is 5.91 Å². The van der Waals surface area contributed by atoms with Crippen molar-refractivity contribution in [2.45, 2.75) is 26.0 Å². The van der Waals surface area contributed by atoms with Crippen LogP contribution in [0.15, 0.2) is 97.2 Å². The summed E-state index contributed by atoms with van der Waals surface area (Å²) < 4.78 is 16.9. The molecule has 0 atom stereocenters. The number of ether oxygens (including phenoxy) is 3. The zero-order valence-corrected chi connectivity index (χ0v) is 21.3. The number of methoxy groups -OCH3 is 2. The van der Waals surface area contributed by atoms with Gasteiger partial charge in [-0.1, -0.05) is 54.6 Å². The molecule has 3 aromatic carbocycles. The first-order chi connectivity index (χ1) is 18.1. The summed E-state index contributed by atoms with van der Waals surface area (Å²) in [5.74, 6) is 2.12. The third kappa shape index (κ3) is 7.58. The maximum atomic E-state index is 13.4. The number of rotatable bonds is 12. The molecular weight excluding hydrogens is 464 g/mol. The fraction of sp³-hybridized carbons (Fsp3) is 0.226. The maximum absolute atomic E-state index is 13.4. The highest BCUT2D eigenvalue weighted by atomic mass is 16.5. The largest absolute Gasteiger partial charge is 0.497 e. The SMILES string of the molecule is COc1ccc(CC(=O)N(CCc2ccccn2)Cc2ccc(OC)c(OCc3ccccc3)c2)cc1. The molecule has 37 heavy (non-hydrogen) atoms. The Hall–Kier alpha value is -4.32. The van der Waals surface area contributed by atoms with Crippen molar-refractivity contribution >= 4 is 5.91 Å². The van der Waals surface area contributed by atoms with Gasteiger partial charge in [-0.3, -0.25) is 9.78 Å². The number of aromatic nitrogens is 1. The zero-order chi connectivity index (χ0) is 25.9. The van der Waals surface area contributed by atoms with E-state index in [1.807, 2.05) is 95.9 Å². The highest BCUT2D eigenvalue weighted by molar-refractivity contribution is 5.79. The molecule has 0 N–H and O–H groups in total. The minimum absolute atomic E-state index is 0.0451. The van der Waals surface area contributed by atoms with Crippen LogP contribution in [0, 0.1) is 0 Å². The summed E-state index contributed by atoms with van der Waals surface area (Å²) in [6.07, 6.45) is 2.75. The van der Waals surface area contributed by atoms with Gasteiger partial charge in [0.15, 0.2) is 11.5 Å². The molecule has 0 fully saturated rings. The molecule has 1 aromatic heterocycles. The molecule has 0 aliphatic rings. The van der Waals surface area contributed by atoms with Gasteiger partial charge >= 0.3 is 0 Å². The van der Waals surface area contributed by atoms with Gasteiger partial charge < -0.3 is 19.1 Å². The van der Waals surface area contributed by atoms with Crippen molar-refractivity contribution in [2.24, 2.45) is 0 Å². The molecule has 0 aliphatic carbocycles. The van der Waals surface area contributed by atoms with E-state index >= 15 is 0 Å². The van der Waals surface area contributed by atoms with E-state index in [2.05, 4.69) is 4.98 Å². The van der Waals surface area contributed by atoms with Gasteiger partial charge in [0.1, 0.15) is 12.4 Å². The van der Waals surface area contributed by atoms with Gasteiger partial charge in [0, 0.05) is 31.4 Å². The lowest BCUT2D eigenvalue weighted by molar-refractivity contribution is -0.131. The van der Waals surface area contributed by atoms with Crippen molar-refractivity contribution in [3.63, 3.8) is 0 Å². The monoisotopic (exact) mass is 496 g/mol. The van der Waals surface area contributed by atoms with E-state index in [-0.39, 0.29) is 5.91 Å². The van der Waals surface area contributed by atoms with Crippen molar-refractivity contribution in [1.29, 1.82) is 0 Å². The fourth-order valence-electron chi connectivity index (χ4n) is 4.01. The molecule has 4 aromatic rings. The Labute approximate surface area is 218 Å². The average Bonchev–Trinajstić information content (AvgIpc) is 2.95. The number of hydrogen-bond donors (Lipinski definition) is 0. The molecule has 4 rings (SSSR count). The van der Waals surface area contributed by atoms with Crippen molar-refractivity contribution < 1.29 is 19.0 Å². The topological polar surface area (TPSA) is 60.9 Å². The predicted octanol–water partition coefficient (Wildman–Crippen LogP) is 5.49. The molecule has 190 valence electrons. The molecular formula is C31H32N2O4. The van der Waals surface area contributed by atoms with Gasteiger partial charge in [-0.2, -0.15) is 0 Å². The molecule has 1 heterocycles. The first-order valence-electron chi connectivity index (χ1n) is 12.3. The molecule has 6 heteroatoms. The van der Waals surface area contributed by atoms with E-state index in [4.69, 9.17) is 14.2 Å². The lowest BCUT2D eigenvalue weighted by Gasteiger charge is -2.24. The molecule has 0 radical (unpaired) electrons. The highest BCUT2D eigenvalue weighted by Crippen LogP contribution is 2.29. The maximum Gasteiger partial charge on any atom is 0.227 e. The second-order valence-corrected chi connectivity index (χ2v) is 8.67. The molecule has 6 nitrogen and oxygen atoms in total. The standard InChI is InChI=1S/C31H32N2O4/c1-35-28-14-11-24(12-15-28)21-31(34)33(19-17-27-10-6-7-18-32-27)22-26-13-16-29(36-2)30(20-26)37-23-25-8-4-3-5-9-25/h3-16,18,20H,17,19,21-23H2,1-2H3. The zero-order valence-electron chi connectivity index (χ0n) is 21.3. The Morgan fingerprint density at radius 1 is 0.784 bits per heavy atom. The summed E-state index contributed by atoms with van der Waals surface area (Å²) in [5, 5.41) is 0. The van der Waals surface area contributed by atoms with E-state index in [0.717, 1.165) is 28.1 Å². The Morgan fingerprint density at radius 2 is 1.54 bits per heavy atom. The van der Waals surface area contributed by atoms with Gasteiger partial charge in [-0.15, -0.1) is 0 Å². The lowest BCUT2D eigenvalue weighted by atomic mass is 10.1. The Morgan fingerprint density at radius 3 is 2.24 bits per heavy atom. The smallest absolute Gasteiger partial charge is 0.227 e. The minimum atomic E-state index is 0.0451. The third-order valence-electron chi connectivity index (χ3n) is 6.07. The molecule has 1 amide bonds.